The van der Waals surface area contributed by atoms with Crippen LogP contribution in [0, 0.1) is 5.92 Å². The summed E-state index contributed by atoms with van der Waals surface area (Å²) in [5.74, 6) is 0.802. The maximum absolute atomic E-state index is 13.2. The van der Waals surface area contributed by atoms with Crippen LogP contribution < -0.4 is 4.72 Å². The summed E-state index contributed by atoms with van der Waals surface area (Å²) >= 11 is 0. The zero-order valence-electron chi connectivity index (χ0n) is 20.1. The second-order valence-electron chi connectivity index (χ2n) is 9.77. The Morgan fingerprint density at radius 3 is 2.51 bits per heavy atom. The minimum Gasteiger partial charge on any atom is -0.333 e. The predicted octanol–water partition coefficient (Wildman–Crippen LogP) is 4.37. The first kappa shape index (κ1) is 23.8. The highest BCUT2D eigenvalue weighted by Crippen LogP contribution is 2.27. The van der Waals surface area contributed by atoms with Gasteiger partial charge in [-0.2, -0.15) is 0 Å². The fourth-order valence-corrected chi connectivity index (χ4v) is 6.65. The molecule has 8 heteroatoms. The van der Waals surface area contributed by atoms with E-state index in [9.17, 15) is 13.2 Å². The number of sulfonamides is 1. The average Bonchev–Trinajstić information content (AvgIpc) is 3.37. The van der Waals surface area contributed by atoms with Gasteiger partial charge < -0.3 is 4.90 Å². The van der Waals surface area contributed by atoms with Gasteiger partial charge in [0.05, 0.1) is 5.52 Å². The van der Waals surface area contributed by atoms with Crippen LogP contribution >= 0.6 is 0 Å². The van der Waals surface area contributed by atoms with Gasteiger partial charge in [0.15, 0.2) is 0 Å². The van der Waals surface area contributed by atoms with Gasteiger partial charge in [0, 0.05) is 55.1 Å². The summed E-state index contributed by atoms with van der Waals surface area (Å²) in [7, 11) is -3.83. The molecule has 7 nitrogen and oxygen atoms in total. The Balaban J connectivity index is 1.24. The van der Waals surface area contributed by atoms with Crippen LogP contribution in [0.15, 0.2) is 65.7 Å². The Morgan fingerprint density at radius 2 is 1.77 bits per heavy atom. The number of piperazine rings is 1. The van der Waals surface area contributed by atoms with E-state index in [2.05, 4.69) is 21.5 Å². The minimum absolute atomic E-state index is 0.00863. The molecule has 0 bridgehead atoms. The minimum atomic E-state index is -3.83. The van der Waals surface area contributed by atoms with Crippen molar-refractivity contribution in [1.82, 2.24) is 14.8 Å². The summed E-state index contributed by atoms with van der Waals surface area (Å²) in [6.07, 6.45) is 6.95. The van der Waals surface area contributed by atoms with E-state index in [1.54, 1.807) is 48.7 Å². The van der Waals surface area contributed by atoms with Crippen LogP contribution in [-0.4, -0.2) is 61.3 Å². The highest BCUT2D eigenvalue weighted by atomic mass is 32.2. The number of carbonyl (C=O) groups excluding carboxylic acids is 1. The molecule has 1 atom stereocenters. The maximum Gasteiger partial charge on any atom is 0.264 e. The highest BCUT2D eigenvalue weighted by Gasteiger charge is 2.30. The maximum atomic E-state index is 13.2. The number of carbonyl (C=O) groups is 1. The molecule has 5 rings (SSSR count). The van der Waals surface area contributed by atoms with E-state index in [1.165, 1.54) is 25.7 Å². The molecule has 1 aromatic heterocycles. The summed E-state index contributed by atoms with van der Waals surface area (Å²) in [5, 5.41) is 0.758. The van der Waals surface area contributed by atoms with Crippen molar-refractivity contribution in [3.05, 3.63) is 66.4 Å². The molecule has 35 heavy (non-hydrogen) atoms. The Morgan fingerprint density at radius 1 is 1.03 bits per heavy atom. The zero-order chi connectivity index (χ0) is 24.4. The lowest BCUT2D eigenvalue weighted by Gasteiger charge is -2.40. The molecular weight excluding hydrogens is 460 g/mol. The van der Waals surface area contributed by atoms with Gasteiger partial charge in [0.1, 0.15) is 4.90 Å². The normalized spacial score (nSPS) is 19.8. The predicted molar refractivity (Wildman–Crippen MR) is 138 cm³/mol. The van der Waals surface area contributed by atoms with Crippen molar-refractivity contribution < 1.29 is 13.2 Å². The molecule has 2 fully saturated rings. The lowest BCUT2D eigenvalue weighted by atomic mass is 10.1. The van der Waals surface area contributed by atoms with Crippen molar-refractivity contribution in [2.75, 3.05) is 30.9 Å². The largest absolute Gasteiger partial charge is 0.333 e. The third-order valence-electron chi connectivity index (χ3n) is 7.23. The van der Waals surface area contributed by atoms with Gasteiger partial charge in [0.2, 0.25) is 0 Å². The van der Waals surface area contributed by atoms with Crippen LogP contribution in [0.2, 0.25) is 0 Å². The van der Waals surface area contributed by atoms with E-state index < -0.39 is 10.0 Å². The lowest BCUT2D eigenvalue weighted by Crippen LogP contribution is -2.54. The van der Waals surface area contributed by atoms with Crippen molar-refractivity contribution in [1.29, 1.82) is 0 Å². The molecule has 1 saturated carbocycles. The van der Waals surface area contributed by atoms with Crippen molar-refractivity contribution in [3.8, 4) is 0 Å². The summed E-state index contributed by atoms with van der Waals surface area (Å²) in [5.41, 5.74) is 1.40. The van der Waals surface area contributed by atoms with Gasteiger partial charge >= 0.3 is 0 Å². The van der Waals surface area contributed by atoms with Gasteiger partial charge in [-0.15, -0.1) is 0 Å². The van der Waals surface area contributed by atoms with Crippen molar-refractivity contribution in [2.45, 2.75) is 43.5 Å². The third-order valence-corrected chi connectivity index (χ3v) is 8.65. The van der Waals surface area contributed by atoms with Crippen LogP contribution in [0.1, 0.15) is 43.0 Å². The average molecular weight is 493 g/mol. The molecular formula is C27H32N4O3S. The number of fused-ring (bicyclic) bond motifs is 1. The van der Waals surface area contributed by atoms with E-state index in [1.807, 2.05) is 17.0 Å². The lowest BCUT2D eigenvalue weighted by molar-refractivity contribution is 0.0461. The molecule has 0 spiro atoms. The first-order valence-corrected chi connectivity index (χ1v) is 13.9. The number of nitrogens with one attached hydrogen (secondary N) is 1. The number of amides is 1. The Bertz CT molecular complexity index is 1300. The molecule has 2 aromatic carbocycles. The summed E-state index contributed by atoms with van der Waals surface area (Å²) < 4.78 is 28.7. The van der Waals surface area contributed by atoms with Crippen molar-refractivity contribution in [3.63, 3.8) is 0 Å². The molecule has 3 aromatic rings. The number of anilines is 1. The molecule has 1 amide bonds. The fraction of sp³-hybridized carbons (Fsp3) is 0.407. The number of rotatable bonds is 6. The Labute approximate surface area is 207 Å². The third kappa shape index (κ3) is 5.18. The number of hydrogen-bond donors (Lipinski definition) is 1. The molecule has 2 aliphatic rings. The summed E-state index contributed by atoms with van der Waals surface area (Å²) in [6.45, 7) is 5.78. The van der Waals surface area contributed by atoms with Crippen LogP contribution in [0.25, 0.3) is 10.9 Å². The van der Waals surface area contributed by atoms with E-state index in [-0.39, 0.29) is 16.8 Å². The van der Waals surface area contributed by atoms with E-state index in [0.29, 0.717) is 16.8 Å². The number of benzene rings is 2. The standard InChI is InChI=1S/C27H32N4O3S/c1-20-18-30(19-21-6-2-3-7-21)16-17-31(20)27(32)23-11-13-24(14-12-23)29-35(33,34)25-10-4-8-22-9-5-15-28-26(22)25/h4-5,8-15,20-21,29H,2-3,6-7,16-19H2,1H3/t20-/m0/s1. The van der Waals surface area contributed by atoms with Gasteiger partial charge in [-0.25, -0.2) is 8.42 Å². The van der Waals surface area contributed by atoms with Gasteiger partial charge in [-0.3, -0.25) is 19.4 Å². The number of hydrogen-bond acceptors (Lipinski definition) is 5. The molecule has 0 radical (unpaired) electrons. The molecule has 1 saturated heterocycles. The van der Waals surface area contributed by atoms with E-state index >= 15 is 0 Å². The topological polar surface area (TPSA) is 82.6 Å². The van der Waals surface area contributed by atoms with Gasteiger partial charge in [-0.1, -0.05) is 31.0 Å². The van der Waals surface area contributed by atoms with Crippen LogP contribution in [0.4, 0.5) is 5.69 Å². The van der Waals surface area contributed by atoms with Crippen LogP contribution in [0.3, 0.4) is 0 Å². The second kappa shape index (κ2) is 9.95. The summed E-state index contributed by atoms with van der Waals surface area (Å²) in [4.78, 5) is 22.0. The fourth-order valence-electron chi connectivity index (χ4n) is 5.41. The van der Waals surface area contributed by atoms with Crippen molar-refractivity contribution >= 4 is 32.5 Å². The summed E-state index contributed by atoms with van der Waals surface area (Å²) in [6, 6.07) is 15.5. The van der Waals surface area contributed by atoms with Crippen LogP contribution in [-0.2, 0) is 10.0 Å². The Kier molecular flexibility index (Phi) is 6.75. The van der Waals surface area contributed by atoms with Gasteiger partial charge in [-0.05, 0) is 62.1 Å². The second-order valence-corrected chi connectivity index (χ2v) is 11.4. The van der Waals surface area contributed by atoms with Crippen LogP contribution in [0.5, 0.6) is 0 Å². The van der Waals surface area contributed by atoms with E-state index in [0.717, 1.165) is 37.5 Å². The Hall–Kier alpha value is -2.97. The molecule has 1 aliphatic carbocycles. The zero-order valence-corrected chi connectivity index (χ0v) is 20.9. The number of pyridine rings is 1. The molecule has 0 unspecified atom stereocenters. The smallest absolute Gasteiger partial charge is 0.264 e. The SMILES string of the molecule is C[C@H]1CN(CC2CCCC2)CCN1C(=O)c1ccc(NS(=O)(=O)c2cccc3cccnc23)cc1. The molecule has 1 aliphatic heterocycles. The molecule has 2 heterocycles. The highest BCUT2D eigenvalue weighted by molar-refractivity contribution is 7.93. The first-order chi connectivity index (χ1) is 16.9. The van der Waals surface area contributed by atoms with Crippen molar-refractivity contribution in [2.24, 2.45) is 5.92 Å². The molecule has 1 N–H and O–H groups in total. The first-order valence-electron chi connectivity index (χ1n) is 12.4. The van der Waals surface area contributed by atoms with E-state index in [4.69, 9.17) is 0 Å². The van der Waals surface area contributed by atoms with Gasteiger partial charge in [0.25, 0.3) is 15.9 Å². The number of para-hydroxylation sites is 1. The number of aromatic nitrogens is 1. The monoisotopic (exact) mass is 492 g/mol. The molecule has 184 valence electrons. The number of nitrogens with zero attached hydrogens (tertiary/aromatic N) is 3. The quantitative estimate of drug-likeness (QED) is 0.553.